The lowest BCUT2D eigenvalue weighted by Crippen LogP contribution is -2.39. The number of hydrogen-bond acceptors (Lipinski definition) is 4. The zero-order valence-corrected chi connectivity index (χ0v) is 14.9. The Morgan fingerprint density at radius 2 is 1.72 bits per heavy atom. The minimum atomic E-state index is 0.0654. The molecule has 25 heavy (non-hydrogen) atoms. The van der Waals surface area contributed by atoms with Crippen molar-refractivity contribution in [2.24, 2.45) is 0 Å². The Bertz CT molecular complexity index is 711. The fourth-order valence-electron chi connectivity index (χ4n) is 3.22. The number of nitrogens with zero attached hydrogens (tertiary/aromatic N) is 2. The molecule has 1 fully saturated rings. The van der Waals surface area contributed by atoms with E-state index >= 15 is 0 Å². The first kappa shape index (κ1) is 17.1. The Hall–Kier alpha value is -2.69. The van der Waals surface area contributed by atoms with Gasteiger partial charge in [-0.25, -0.2) is 0 Å². The summed E-state index contributed by atoms with van der Waals surface area (Å²) >= 11 is 0. The second-order valence-corrected chi connectivity index (χ2v) is 6.24. The molecule has 3 rings (SSSR count). The maximum Gasteiger partial charge on any atom is 0.253 e. The third kappa shape index (κ3) is 3.71. The molecule has 0 N–H and O–H groups in total. The molecule has 1 heterocycles. The molecule has 0 aliphatic carbocycles. The highest BCUT2D eigenvalue weighted by atomic mass is 16.5. The van der Waals surface area contributed by atoms with Crippen LogP contribution in [0.4, 0.5) is 5.69 Å². The summed E-state index contributed by atoms with van der Waals surface area (Å²) in [6.07, 6.45) is 0.939. The fraction of sp³-hybridized carbons (Fsp3) is 0.350. The van der Waals surface area contributed by atoms with Gasteiger partial charge in [-0.15, -0.1) is 0 Å². The molecule has 5 nitrogen and oxygen atoms in total. The molecule has 0 unspecified atom stereocenters. The summed E-state index contributed by atoms with van der Waals surface area (Å²) in [5.41, 5.74) is 1.78. The van der Waals surface area contributed by atoms with Crippen molar-refractivity contribution in [2.45, 2.75) is 12.5 Å². The first-order chi connectivity index (χ1) is 12.1. The van der Waals surface area contributed by atoms with E-state index < -0.39 is 0 Å². The lowest BCUT2D eigenvalue weighted by atomic mass is 10.1. The van der Waals surface area contributed by atoms with Crippen LogP contribution in [0.2, 0.25) is 0 Å². The van der Waals surface area contributed by atoms with Crippen molar-refractivity contribution < 1.29 is 14.3 Å². The number of carbonyl (C=O) groups is 1. The van der Waals surface area contributed by atoms with Crippen molar-refractivity contribution in [3.63, 3.8) is 0 Å². The van der Waals surface area contributed by atoms with Crippen LogP contribution in [-0.4, -0.2) is 51.2 Å². The lowest BCUT2D eigenvalue weighted by molar-refractivity contribution is 0.0745. The van der Waals surface area contributed by atoms with Crippen molar-refractivity contribution in [3.8, 4) is 11.5 Å². The zero-order chi connectivity index (χ0) is 17.8. The second kappa shape index (κ2) is 7.47. The summed E-state index contributed by atoms with van der Waals surface area (Å²) in [5, 5.41) is 0. The van der Waals surface area contributed by atoms with E-state index in [2.05, 4.69) is 4.90 Å². The predicted molar refractivity (Wildman–Crippen MR) is 98.7 cm³/mol. The molecule has 0 saturated carbocycles. The molecule has 5 heteroatoms. The standard InChI is InChI=1S/C20H24N2O3/c1-21(20(23)15-7-5-4-6-8-15)16-9-10-22(14-16)17-11-18(24-2)13-19(12-17)25-3/h4-8,11-13,16H,9-10,14H2,1-3H3/t16-/m1/s1. The van der Waals surface area contributed by atoms with E-state index in [0.717, 1.165) is 42.3 Å². The SMILES string of the molecule is COc1cc(OC)cc(N2CC[C@@H](N(C)C(=O)c3ccccc3)C2)c1. The Balaban J connectivity index is 1.72. The first-order valence-electron chi connectivity index (χ1n) is 8.42. The highest BCUT2D eigenvalue weighted by Gasteiger charge is 2.29. The molecule has 1 atom stereocenters. The highest BCUT2D eigenvalue weighted by molar-refractivity contribution is 5.94. The van der Waals surface area contributed by atoms with Crippen molar-refractivity contribution in [3.05, 3.63) is 54.1 Å². The highest BCUT2D eigenvalue weighted by Crippen LogP contribution is 2.31. The summed E-state index contributed by atoms with van der Waals surface area (Å²) < 4.78 is 10.7. The van der Waals surface area contributed by atoms with Gasteiger partial charge in [0.05, 0.1) is 20.3 Å². The van der Waals surface area contributed by atoms with Crippen LogP contribution in [0, 0.1) is 0 Å². The number of likely N-dealkylation sites (N-methyl/N-ethyl adjacent to an activating group) is 1. The van der Waals surface area contributed by atoms with Gasteiger partial charge in [-0.3, -0.25) is 4.79 Å². The summed E-state index contributed by atoms with van der Waals surface area (Å²) in [7, 11) is 5.19. The molecule has 0 bridgehead atoms. The Morgan fingerprint density at radius 1 is 1.08 bits per heavy atom. The van der Waals surface area contributed by atoms with Crippen LogP contribution in [0.15, 0.2) is 48.5 Å². The maximum atomic E-state index is 12.6. The smallest absolute Gasteiger partial charge is 0.253 e. The molecular weight excluding hydrogens is 316 g/mol. The van der Waals surface area contributed by atoms with Crippen LogP contribution in [-0.2, 0) is 0 Å². The number of hydrogen-bond donors (Lipinski definition) is 0. The average molecular weight is 340 g/mol. The van der Waals surface area contributed by atoms with Gasteiger partial charge in [0.25, 0.3) is 5.91 Å². The molecule has 2 aromatic carbocycles. The molecule has 1 aliphatic rings. The molecular formula is C20H24N2O3. The van der Waals surface area contributed by atoms with Crippen LogP contribution >= 0.6 is 0 Å². The van der Waals surface area contributed by atoms with Crippen LogP contribution in [0.1, 0.15) is 16.8 Å². The van der Waals surface area contributed by atoms with Gasteiger partial charge >= 0.3 is 0 Å². The number of carbonyl (C=O) groups excluding carboxylic acids is 1. The molecule has 2 aromatic rings. The van der Waals surface area contributed by atoms with Crippen LogP contribution in [0.3, 0.4) is 0 Å². The van der Waals surface area contributed by atoms with E-state index in [-0.39, 0.29) is 11.9 Å². The molecule has 1 amide bonds. The monoisotopic (exact) mass is 340 g/mol. The molecule has 0 aromatic heterocycles. The van der Waals surface area contributed by atoms with E-state index in [9.17, 15) is 4.79 Å². The third-order valence-corrected chi connectivity index (χ3v) is 4.75. The van der Waals surface area contributed by atoms with Crippen molar-refractivity contribution in [2.75, 3.05) is 39.3 Å². The van der Waals surface area contributed by atoms with E-state index in [1.165, 1.54) is 0 Å². The average Bonchev–Trinajstić information content (AvgIpc) is 3.17. The van der Waals surface area contributed by atoms with E-state index in [1.54, 1.807) is 14.2 Å². The summed E-state index contributed by atoms with van der Waals surface area (Å²) in [6, 6.07) is 15.5. The fourth-order valence-corrected chi connectivity index (χ4v) is 3.22. The Kier molecular flexibility index (Phi) is 5.12. The molecule has 0 radical (unpaired) electrons. The molecule has 0 spiro atoms. The van der Waals surface area contributed by atoms with Crippen molar-refractivity contribution >= 4 is 11.6 Å². The quantitative estimate of drug-likeness (QED) is 0.839. The minimum Gasteiger partial charge on any atom is -0.497 e. The molecule has 1 aliphatic heterocycles. The number of ether oxygens (including phenoxy) is 2. The van der Waals surface area contributed by atoms with Crippen molar-refractivity contribution in [1.82, 2.24) is 4.90 Å². The van der Waals surface area contributed by atoms with Gasteiger partial charge in [-0.05, 0) is 18.6 Å². The van der Waals surface area contributed by atoms with E-state index in [1.807, 2.05) is 60.5 Å². The molecule has 132 valence electrons. The van der Waals surface area contributed by atoms with Gasteiger partial charge in [-0.1, -0.05) is 18.2 Å². The summed E-state index contributed by atoms with van der Waals surface area (Å²) in [6.45, 7) is 1.69. The summed E-state index contributed by atoms with van der Waals surface area (Å²) in [4.78, 5) is 16.8. The Morgan fingerprint density at radius 3 is 2.32 bits per heavy atom. The minimum absolute atomic E-state index is 0.0654. The van der Waals surface area contributed by atoms with Crippen LogP contribution in [0.5, 0.6) is 11.5 Å². The first-order valence-corrected chi connectivity index (χ1v) is 8.42. The number of amides is 1. The van der Waals surface area contributed by atoms with Gasteiger partial charge in [0, 0.05) is 49.6 Å². The van der Waals surface area contributed by atoms with E-state index in [4.69, 9.17) is 9.47 Å². The number of benzene rings is 2. The second-order valence-electron chi connectivity index (χ2n) is 6.24. The predicted octanol–water partition coefficient (Wildman–Crippen LogP) is 3.05. The van der Waals surface area contributed by atoms with Crippen molar-refractivity contribution in [1.29, 1.82) is 0 Å². The van der Waals surface area contributed by atoms with Gasteiger partial charge in [0.1, 0.15) is 11.5 Å². The van der Waals surface area contributed by atoms with Gasteiger partial charge in [0.2, 0.25) is 0 Å². The number of methoxy groups -OCH3 is 2. The topological polar surface area (TPSA) is 42.0 Å². The zero-order valence-electron chi connectivity index (χ0n) is 14.9. The normalized spacial score (nSPS) is 16.6. The number of rotatable bonds is 5. The largest absolute Gasteiger partial charge is 0.497 e. The van der Waals surface area contributed by atoms with E-state index in [0.29, 0.717) is 0 Å². The van der Waals surface area contributed by atoms with Crippen LogP contribution in [0.25, 0.3) is 0 Å². The number of anilines is 1. The van der Waals surface area contributed by atoms with Gasteiger partial charge in [0.15, 0.2) is 0 Å². The molecule has 1 saturated heterocycles. The third-order valence-electron chi connectivity index (χ3n) is 4.75. The lowest BCUT2D eigenvalue weighted by Gasteiger charge is -2.26. The van der Waals surface area contributed by atoms with Gasteiger partial charge < -0.3 is 19.3 Å². The maximum absolute atomic E-state index is 12.6. The summed E-state index contributed by atoms with van der Waals surface area (Å²) in [5.74, 6) is 1.61. The van der Waals surface area contributed by atoms with Crippen LogP contribution < -0.4 is 14.4 Å². The van der Waals surface area contributed by atoms with Gasteiger partial charge in [-0.2, -0.15) is 0 Å². The Labute approximate surface area is 148 Å².